The van der Waals surface area contributed by atoms with Crippen molar-refractivity contribution in [2.24, 2.45) is 0 Å². The SMILES string of the molecule is CCCCCCCCc1cccc(OP(=O)(O)O)c1CCCCCCCC. The van der Waals surface area contributed by atoms with Gasteiger partial charge in [-0.2, -0.15) is 0 Å². The molecule has 0 saturated carbocycles. The van der Waals surface area contributed by atoms with Crippen molar-refractivity contribution in [1.29, 1.82) is 0 Å². The monoisotopic (exact) mass is 398 g/mol. The summed E-state index contributed by atoms with van der Waals surface area (Å²) in [6, 6.07) is 5.63. The number of phosphoric acid groups is 1. The average molecular weight is 399 g/mol. The van der Waals surface area contributed by atoms with Crippen molar-refractivity contribution >= 4 is 7.82 Å². The van der Waals surface area contributed by atoms with Gasteiger partial charge < -0.3 is 4.52 Å². The van der Waals surface area contributed by atoms with Crippen LogP contribution >= 0.6 is 7.82 Å². The van der Waals surface area contributed by atoms with E-state index >= 15 is 0 Å². The second-order valence-electron chi connectivity index (χ2n) is 7.51. The molecule has 27 heavy (non-hydrogen) atoms. The maximum atomic E-state index is 11.3. The fourth-order valence-electron chi connectivity index (χ4n) is 3.52. The van der Waals surface area contributed by atoms with Crippen molar-refractivity contribution < 1.29 is 18.9 Å². The van der Waals surface area contributed by atoms with Crippen LogP contribution in [0.5, 0.6) is 5.75 Å². The van der Waals surface area contributed by atoms with Gasteiger partial charge in [0.2, 0.25) is 0 Å². The van der Waals surface area contributed by atoms with Crippen LogP contribution < -0.4 is 4.52 Å². The van der Waals surface area contributed by atoms with Gasteiger partial charge in [-0.15, -0.1) is 0 Å². The van der Waals surface area contributed by atoms with E-state index in [4.69, 9.17) is 4.52 Å². The van der Waals surface area contributed by atoms with Crippen LogP contribution in [0.2, 0.25) is 0 Å². The van der Waals surface area contributed by atoms with Crippen molar-refractivity contribution in [1.82, 2.24) is 0 Å². The predicted octanol–water partition coefficient (Wildman–Crippen LogP) is 6.96. The lowest BCUT2D eigenvalue weighted by molar-refractivity contribution is 0.282. The molecule has 5 heteroatoms. The van der Waals surface area contributed by atoms with Gasteiger partial charge in [-0.05, 0) is 42.9 Å². The van der Waals surface area contributed by atoms with Crippen LogP contribution in [0.1, 0.15) is 102 Å². The largest absolute Gasteiger partial charge is 0.524 e. The van der Waals surface area contributed by atoms with E-state index in [1.807, 2.05) is 6.07 Å². The number of phosphoric ester groups is 1. The molecule has 0 atom stereocenters. The van der Waals surface area contributed by atoms with E-state index < -0.39 is 7.82 Å². The van der Waals surface area contributed by atoms with Crippen LogP contribution in [-0.2, 0) is 17.4 Å². The number of benzene rings is 1. The molecule has 1 rings (SSSR count). The van der Waals surface area contributed by atoms with Crippen LogP contribution in [0.3, 0.4) is 0 Å². The minimum Gasteiger partial charge on any atom is -0.404 e. The number of hydrogen-bond acceptors (Lipinski definition) is 2. The van der Waals surface area contributed by atoms with E-state index in [0.717, 1.165) is 37.7 Å². The lowest BCUT2D eigenvalue weighted by Gasteiger charge is -2.16. The van der Waals surface area contributed by atoms with E-state index in [1.54, 1.807) is 6.07 Å². The van der Waals surface area contributed by atoms with Gasteiger partial charge in [0.1, 0.15) is 5.75 Å². The highest BCUT2D eigenvalue weighted by molar-refractivity contribution is 7.46. The summed E-state index contributed by atoms with van der Waals surface area (Å²) in [6.45, 7) is 4.44. The third-order valence-corrected chi connectivity index (χ3v) is 5.46. The zero-order valence-electron chi connectivity index (χ0n) is 17.3. The van der Waals surface area contributed by atoms with E-state index in [0.29, 0.717) is 5.75 Å². The maximum absolute atomic E-state index is 11.3. The average Bonchev–Trinajstić information content (AvgIpc) is 2.61. The summed E-state index contributed by atoms with van der Waals surface area (Å²) < 4.78 is 16.3. The van der Waals surface area contributed by atoms with Gasteiger partial charge in [0.05, 0.1) is 0 Å². The zero-order chi connectivity index (χ0) is 20.0. The van der Waals surface area contributed by atoms with E-state index in [-0.39, 0.29) is 0 Å². The van der Waals surface area contributed by atoms with Gasteiger partial charge >= 0.3 is 7.82 Å². The van der Waals surface area contributed by atoms with Crippen molar-refractivity contribution in [3.63, 3.8) is 0 Å². The fraction of sp³-hybridized carbons (Fsp3) is 0.727. The van der Waals surface area contributed by atoms with Gasteiger partial charge in [0, 0.05) is 0 Å². The Kier molecular flexibility index (Phi) is 12.7. The number of aryl methyl sites for hydroxylation is 1. The Morgan fingerprint density at radius 1 is 0.778 bits per heavy atom. The molecule has 2 N–H and O–H groups in total. The normalized spacial score (nSPS) is 11.7. The molecule has 0 aliphatic rings. The highest BCUT2D eigenvalue weighted by atomic mass is 31.2. The molecule has 0 heterocycles. The molecule has 0 amide bonds. The minimum atomic E-state index is -4.53. The van der Waals surface area contributed by atoms with Crippen LogP contribution in [0, 0.1) is 0 Å². The van der Waals surface area contributed by atoms with Crippen molar-refractivity contribution in [2.75, 3.05) is 0 Å². The van der Waals surface area contributed by atoms with E-state index in [2.05, 4.69) is 19.9 Å². The number of unbranched alkanes of at least 4 members (excludes halogenated alkanes) is 10. The molecule has 1 aromatic rings. The second kappa shape index (κ2) is 14.2. The Bertz CT molecular complexity index is 553. The highest BCUT2D eigenvalue weighted by Crippen LogP contribution is 2.40. The summed E-state index contributed by atoms with van der Waals surface area (Å²) >= 11 is 0. The summed E-state index contributed by atoms with van der Waals surface area (Å²) in [5.74, 6) is 0.361. The van der Waals surface area contributed by atoms with Crippen LogP contribution in [0.4, 0.5) is 0 Å². The van der Waals surface area contributed by atoms with Crippen LogP contribution in [0.25, 0.3) is 0 Å². The molecule has 156 valence electrons. The Labute approximate surface area is 166 Å². The van der Waals surface area contributed by atoms with Gasteiger partial charge in [0.15, 0.2) is 0 Å². The lowest BCUT2D eigenvalue weighted by Crippen LogP contribution is -2.01. The summed E-state index contributed by atoms with van der Waals surface area (Å²) in [4.78, 5) is 18.5. The van der Waals surface area contributed by atoms with E-state index in [1.165, 1.54) is 63.4 Å². The standard InChI is InChI=1S/C22H39O4P/c1-3-5-7-9-11-13-16-20-17-15-19-22(26-27(23,24)25)21(20)18-14-12-10-8-6-4-2/h15,17,19H,3-14,16,18H2,1-2H3,(H2,23,24,25). The van der Waals surface area contributed by atoms with Crippen molar-refractivity contribution in [3.05, 3.63) is 29.3 Å². The third kappa shape index (κ3) is 11.6. The third-order valence-electron chi connectivity index (χ3n) is 5.03. The first kappa shape index (κ1) is 24.2. The second-order valence-corrected chi connectivity index (χ2v) is 8.67. The molecule has 0 unspecified atom stereocenters. The quantitative estimate of drug-likeness (QED) is 0.233. The molecular formula is C22H39O4P. The topological polar surface area (TPSA) is 66.8 Å². The Balaban J connectivity index is 2.66. The first-order valence-corrected chi connectivity index (χ1v) is 12.4. The van der Waals surface area contributed by atoms with E-state index in [9.17, 15) is 14.4 Å². The van der Waals surface area contributed by atoms with Crippen LogP contribution in [-0.4, -0.2) is 9.79 Å². The molecular weight excluding hydrogens is 359 g/mol. The summed E-state index contributed by atoms with van der Waals surface area (Å²) in [5.41, 5.74) is 2.18. The molecule has 0 aromatic heterocycles. The molecule has 0 bridgehead atoms. The summed E-state index contributed by atoms with van der Waals surface area (Å²) in [7, 11) is -4.53. The number of rotatable bonds is 16. The molecule has 0 fully saturated rings. The van der Waals surface area contributed by atoms with Crippen LogP contribution in [0.15, 0.2) is 18.2 Å². The van der Waals surface area contributed by atoms with Gasteiger partial charge in [0.25, 0.3) is 0 Å². The molecule has 0 radical (unpaired) electrons. The Morgan fingerprint density at radius 2 is 1.30 bits per heavy atom. The first-order chi connectivity index (χ1) is 13.0. The maximum Gasteiger partial charge on any atom is 0.524 e. The van der Waals surface area contributed by atoms with Gasteiger partial charge in [-0.1, -0.05) is 90.2 Å². The highest BCUT2D eigenvalue weighted by Gasteiger charge is 2.19. The Morgan fingerprint density at radius 3 is 1.85 bits per heavy atom. The smallest absolute Gasteiger partial charge is 0.404 e. The molecule has 0 aliphatic carbocycles. The molecule has 0 spiro atoms. The molecule has 4 nitrogen and oxygen atoms in total. The lowest BCUT2D eigenvalue weighted by atomic mass is 9.95. The van der Waals surface area contributed by atoms with Gasteiger partial charge in [-0.25, -0.2) is 4.57 Å². The molecule has 0 aliphatic heterocycles. The molecule has 0 saturated heterocycles. The summed E-state index contributed by atoms with van der Waals surface area (Å²) in [5, 5.41) is 0. The van der Waals surface area contributed by atoms with Gasteiger partial charge in [-0.3, -0.25) is 9.79 Å². The molecule has 1 aromatic carbocycles. The fourth-order valence-corrected chi connectivity index (χ4v) is 3.95. The van der Waals surface area contributed by atoms with Crippen molar-refractivity contribution in [2.45, 2.75) is 104 Å². The minimum absolute atomic E-state index is 0.361. The summed E-state index contributed by atoms with van der Waals surface area (Å²) in [6.07, 6.45) is 16.4. The predicted molar refractivity (Wildman–Crippen MR) is 113 cm³/mol. The number of hydrogen-bond donors (Lipinski definition) is 2. The zero-order valence-corrected chi connectivity index (χ0v) is 18.2. The first-order valence-electron chi connectivity index (χ1n) is 10.8. The van der Waals surface area contributed by atoms with Crippen molar-refractivity contribution in [3.8, 4) is 5.75 Å². The Hall–Kier alpha value is -0.830.